The largest absolute Gasteiger partial charge is 0.233 e. The normalized spacial score (nSPS) is 11.0. The highest BCUT2D eigenvalue weighted by Gasteiger charge is 2.09. The van der Waals surface area contributed by atoms with Gasteiger partial charge in [0.05, 0.1) is 0 Å². The minimum Gasteiger partial charge on any atom is -0.201 e. The fourth-order valence-corrected chi connectivity index (χ4v) is 1.53. The predicted molar refractivity (Wildman–Crippen MR) is 46.7 cm³/mol. The third-order valence-electron chi connectivity index (χ3n) is 1.49. The molecule has 0 saturated carbocycles. The van der Waals surface area contributed by atoms with Crippen molar-refractivity contribution >= 4 is 11.5 Å². The van der Waals surface area contributed by atoms with Crippen molar-refractivity contribution in [2.24, 2.45) is 0 Å². The third kappa shape index (κ3) is 1.55. The first-order valence-electron chi connectivity index (χ1n) is 3.84. The van der Waals surface area contributed by atoms with Crippen molar-refractivity contribution in [3.63, 3.8) is 0 Å². The summed E-state index contributed by atoms with van der Waals surface area (Å²) in [5.41, 5.74) is 0. The van der Waals surface area contributed by atoms with Crippen molar-refractivity contribution in [3.8, 4) is 5.13 Å². The van der Waals surface area contributed by atoms with Crippen LogP contribution in [-0.4, -0.2) is 29.6 Å². The van der Waals surface area contributed by atoms with Crippen LogP contribution < -0.4 is 0 Å². The zero-order valence-corrected chi connectivity index (χ0v) is 8.06. The molecule has 2 heterocycles. The lowest BCUT2D eigenvalue weighted by atomic mass is 10.2. The van der Waals surface area contributed by atoms with Crippen molar-refractivity contribution < 1.29 is 0 Å². The SMILES string of the molecule is CC(C)c1nsc(-n2cnnn2)n1. The van der Waals surface area contributed by atoms with Gasteiger partial charge in [-0.25, -0.2) is 4.98 Å². The van der Waals surface area contributed by atoms with Gasteiger partial charge in [0.2, 0.25) is 5.13 Å². The van der Waals surface area contributed by atoms with E-state index in [9.17, 15) is 0 Å². The maximum atomic E-state index is 4.28. The third-order valence-corrected chi connectivity index (χ3v) is 2.21. The van der Waals surface area contributed by atoms with Crippen LogP contribution in [0.4, 0.5) is 0 Å². The van der Waals surface area contributed by atoms with Crippen LogP contribution in [0, 0.1) is 0 Å². The van der Waals surface area contributed by atoms with Gasteiger partial charge in [-0.2, -0.15) is 9.06 Å². The molecular formula is C6H8N6S. The average molecular weight is 196 g/mol. The second kappa shape index (κ2) is 3.17. The van der Waals surface area contributed by atoms with Crippen molar-refractivity contribution in [1.29, 1.82) is 0 Å². The van der Waals surface area contributed by atoms with E-state index in [1.807, 2.05) is 13.8 Å². The number of tetrazole rings is 1. The van der Waals surface area contributed by atoms with Gasteiger partial charge in [-0.15, -0.1) is 5.10 Å². The zero-order valence-electron chi connectivity index (χ0n) is 7.25. The van der Waals surface area contributed by atoms with Crippen LogP contribution in [0.5, 0.6) is 0 Å². The lowest BCUT2D eigenvalue weighted by molar-refractivity contribution is 0.758. The summed E-state index contributed by atoms with van der Waals surface area (Å²) in [6.45, 7) is 4.09. The maximum absolute atomic E-state index is 4.28. The van der Waals surface area contributed by atoms with Crippen LogP contribution in [0.1, 0.15) is 25.6 Å². The molecule has 13 heavy (non-hydrogen) atoms. The van der Waals surface area contributed by atoms with E-state index in [1.54, 1.807) is 0 Å². The average Bonchev–Trinajstić information content (AvgIpc) is 2.75. The molecule has 2 aromatic rings. The quantitative estimate of drug-likeness (QED) is 0.704. The zero-order chi connectivity index (χ0) is 9.26. The molecule has 0 unspecified atom stereocenters. The number of nitrogens with zero attached hydrogens (tertiary/aromatic N) is 6. The van der Waals surface area contributed by atoms with Crippen molar-refractivity contribution in [2.75, 3.05) is 0 Å². The van der Waals surface area contributed by atoms with Crippen LogP contribution in [0.2, 0.25) is 0 Å². The second-order valence-corrected chi connectivity index (χ2v) is 3.57. The number of aromatic nitrogens is 6. The lowest BCUT2D eigenvalue weighted by Crippen LogP contribution is -1.95. The highest BCUT2D eigenvalue weighted by Crippen LogP contribution is 2.15. The molecular weight excluding hydrogens is 188 g/mol. The van der Waals surface area contributed by atoms with E-state index in [-0.39, 0.29) is 0 Å². The molecule has 0 spiro atoms. The van der Waals surface area contributed by atoms with E-state index < -0.39 is 0 Å². The highest BCUT2D eigenvalue weighted by atomic mass is 32.1. The van der Waals surface area contributed by atoms with Gasteiger partial charge in [0, 0.05) is 17.5 Å². The maximum Gasteiger partial charge on any atom is 0.233 e. The Hall–Kier alpha value is -1.37. The Balaban J connectivity index is 2.33. The Labute approximate surface area is 78.8 Å². The van der Waals surface area contributed by atoms with Gasteiger partial charge in [0.15, 0.2) is 0 Å². The molecule has 6 nitrogen and oxygen atoms in total. The van der Waals surface area contributed by atoms with Gasteiger partial charge in [-0.1, -0.05) is 13.8 Å². The van der Waals surface area contributed by atoms with Crippen LogP contribution in [0.15, 0.2) is 6.33 Å². The predicted octanol–water partition coefficient (Wildman–Crippen LogP) is 0.637. The minimum atomic E-state index is 0.335. The molecule has 0 amide bonds. The molecule has 0 radical (unpaired) electrons. The Morgan fingerprint density at radius 3 is 2.85 bits per heavy atom. The summed E-state index contributed by atoms with van der Waals surface area (Å²) < 4.78 is 5.69. The molecule has 0 aromatic carbocycles. The smallest absolute Gasteiger partial charge is 0.201 e. The Morgan fingerprint density at radius 1 is 1.46 bits per heavy atom. The fraction of sp³-hybridized carbons (Fsp3) is 0.500. The second-order valence-electron chi connectivity index (χ2n) is 2.84. The summed E-state index contributed by atoms with van der Waals surface area (Å²) in [7, 11) is 0. The van der Waals surface area contributed by atoms with Crippen molar-refractivity contribution in [1.82, 2.24) is 29.6 Å². The topological polar surface area (TPSA) is 69.4 Å². The number of rotatable bonds is 2. The van der Waals surface area contributed by atoms with E-state index >= 15 is 0 Å². The lowest BCUT2D eigenvalue weighted by Gasteiger charge is -1.93. The van der Waals surface area contributed by atoms with Gasteiger partial charge in [0.25, 0.3) is 0 Å². The van der Waals surface area contributed by atoms with Gasteiger partial charge < -0.3 is 0 Å². The van der Waals surface area contributed by atoms with E-state index in [0.29, 0.717) is 11.0 Å². The minimum absolute atomic E-state index is 0.335. The summed E-state index contributed by atoms with van der Waals surface area (Å²) in [6, 6.07) is 0. The van der Waals surface area contributed by atoms with Crippen LogP contribution >= 0.6 is 11.5 Å². The summed E-state index contributed by atoms with van der Waals surface area (Å²) in [4.78, 5) is 4.28. The Bertz CT molecular complexity index is 377. The number of hydrogen-bond acceptors (Lipinski definition) is 6. The Kier molecular flexibility index (Phi) is 2.01. The molecule has 0 aliphatic rings. The molecule has 0 fully saturated rings. The highest BCUT2D eigenvalue weighted by molar-refractivity contribution is 7.08. The fourth-order valence-electron chi connectivity index (χ4n) is 0.803. The monoisotopic (exact) mass is 196 g/mol. The van der Waals surface area contributed by atoms with Crippen LogP contribution in [0.25, 0.3) is 5.13 Å². The standard InChI is InChI=1S/C6H8N6S/c1-4(2)5-8-6(13-9-5)12-3-7-10-11-12/h3-4H,1-2H3. The molecule has 0 aliphatic carbocycles. The van der Waals surface area contributed by atoms with Crippen molar-refractivity contribution in [2.45, 2.75) is 19.8 Å². The summed E-state index contributed by atoms with van der Waals surface area (Å²) in [5.74, 6) is 1.16. The van der Waals surface area contributed by atoms with E-state index in [1.165, 1.54) is 22.5 Å². The molecule has 0 atom stereocenters. The first kappa shape index (κ1) is 8.24. The molecule has 2 rings (SSSR count). The molecule has 2 aromatic heterocycles. The molecule has 0 N–H and O–H groups in total. The summed E-state index contributed by atoms with van der Waals surface area (Å²) in [5, 5.41) is 11.5. The summed E-state index contributed by atoms with van der Waals surface area (Å²) in [6.07, 6.45) is 1.50. The first-order valence-corrected chi connectivity index (χ1v) is 4.61. The van der Waals surface area contributed by atoms with Gasteiger partial charge in [0.1, 0.15) is 12.2 Å². The van der Waals surface area contributed by atoms with Crippen LogP contribution in [-0.2, 0) is 0 Å². The molecule has 0 bridgehead atoms. The molecule has 7 heteroatoms. The first-order chi connectivity index (χ1) is 6.27. The van der Waals surface area contributed by atoms with E-state index in [0.717, 1.165) is 5.82 Å². The molecule has 68 valence electrons. The van der Waals surface area contributed by atoms with Crippen molar-refractivity contribution in [3.05, 3.63) is 12.2 Å². The van der Waals surface area contributed by atoms with E-state index in [2.05, 4.69) is 24.9 Å². The van der Waals surface area contributed by atoms with E-state index in [4.69, 9.17) is 0 Å². The molecule has 0 saturated heterocycles. The van der Waals surface area contributed by atoms with Gasteiger partial charge in [-0.05, 0) is 10.4 Å². The Morgan fingerprint density at radius 2 is 2.31 bits per heavy atom. The summed E-state index contributed by atoms with van der Waals surface area (Å²) >= 11 is 1.29. The van der Waals surface area contributed by atoms with Crippen LogP contribution in [0.3, 0.4) is 0 Å². The molecule has 0 aliphatic heterocycles. The number of hydrogen-bond donors (Lipinski definition) is 0. The van der Waals surface area contributed by atoms with Gasteiger partial charge >= 0.3 is 0 Å². The van der Waals surface area contributed by atoms with Gasteiger partial charge in [-0.3, -0.25) is 0 Å².